The van der Waals surface area contributed by atoms with Crippen molar-refractivity contribution in [3.63, 3.8) is 0 Å². The highest BCUT2D eigenvalue weighted by Crippen LogP contribution is 2.38. The van der Waals surface area contributed by atoms with E-state index in [4.69, 9.17) is 4.42 Å². The second-order valence-electron chi connectivity index (χ2n) is 7.53. The van der Waals surface area contributed by atoms with Crippen LogP contribution in [0.5, 0.6) is 0 Å². The van der Waals surface area contributed by atoms with Crippen LogP contribution < -0.4 is 5.43 Å². The lowest BCUT2D eigenvalue weighted by atomic mass is 9.85. The number of para-hydroxylation sites is 3. The summed E-state index contributed by atoms with van der Waals surface area (Å²) >= 11 is 0. The minimum absolute atomic E-state index is 0.00240. The third kappa shape index (κ3) is 2.44. The summed E-state index contributed by atoms with van der Waals surface area (Å²) in [5.74, 6) is -0.266. The molecule has 144 valence electrons. The Labute approximate surface area is 171 Å². The molecule has 6 rings (SSSR count). The molecule has 0 saturated heterocycles. The first-order valence-corrected chi connectivity index (χ1v) is 9.94. The van der Waals surface area contributed by atoms with E-state index in [1.54, 1.807) is 6.26 Å². The summed E-state index contributed by atoms with van der Waals surface area (Å²) in [5.41, 5.74) is 5.42. The van der Waals surface area contributed by atoms with Crippen molar-refractivity contribution in [2.75, 3.05) is 0 Å². The van der Waals surface area contributed by atoms with E-state index in [0.29, 0.717) is 16.5 Å². The second-order valence-corrected chi connectivity index (χ2v) is 7.53. The molecule has 3 aromatic heterocycles. The van der Waals surface area contributed by atoms with Crippen molar-refractivity contribution in [3.05, 3.63) is 118 Å². The first-order chi connectivity index (χ1) is 14.8. The lowest BCUT2D eigenvalue weighted by Crippen LogP contribution is -2.15. The quantitative estimate of drug-likeness (QED) is 0.393. The van der Waals surface area contributed by atoms with Crippen molar-refractivity contribution in [1.82, 2.24) is 9.97 Å². The standard InChI is InChI=1S/C26H18N2O2/c29-26-18-9-3-6-12-24(18)30-15-21(26)25(19-13-27-22-10-4-1-7-16(19)22)20-14-28-23-11-5-2-8-17(20)23/h1-15,25,27-28H. The summed E-state index contributed by atoms with van der Waals surface area (Å²) in [4.78, 5) is 20.3. The van der Waals surface area contributed by atoms with Crippen molar-refractivity contribution in [1.29, 1.82) is 0 Å². The second kappa shape index (κ2) is 6.49. The van der Waals surface area contributed by atoms with Crippen LogP contribution in [0.1, 0.15) is 22.6 Å². The van der Waals surface area contributed by atoms with E-state index in [1.165, 1.54) is 0 Å². The number of hydrogen-bond donors (Lipinski definition) is 2. The Morgan fingerprint density at radius 3 is 1.80 bits per heavy atom. The van der Waals surface area contributed by atoms with Gasteiger partial charge in [-0.05, 0) is 35.4 Å². The highest BCUT2D eigenvalue weighted by atomic mass is 16.3. The van der Waals surface area contributed by atoms with Crippen LogP contribution in [0.25, 0.3) is 32.8 Å². The van der Waals surface area contributed by atoms with E-state index in [0.717, 1.165) is 32.9 Å². The molecular formula is C26H18N2O2. The zero-order valence-electron chi connectivity index (χ0n) is 16.1. The molecule has 3 heterocycles. The van der Waals surface area contributed by atoms with Crippen molar-refractivity contribution in [3.8, 4) is 0 Å². The highest BCUT2D eigenvalue weighted by Gasteiger charge is 2.26. The van der Waals surface area contributed by atoms with Gasteiger partial charge in [0.25, 0.3) is 0 Å². The van der Waals surface area contributed by atoms with Gasteiger partial charge in [-0.25, -0.2) is 0 Å². The van der Waals surface area contributed by atoms with Gasteiger partial charge < -0.3 is 14.4 Å². The number of nitrogens with one attached hydrogen (secondary N) is 2. The lowest BCUT2D eigenvalue weighted by molar-refractivity contribution is 0.591. The molecule has 0 aliphatic carbocycles. The molecular weight excluding hydrogens is 372 g/mol. The van der Waals surface area contributed by atoms with Crippen molar-refractivity contribution in [2.24, 2.45) is 0 Å². The van der Waals surface area contributed by atoms with Gasteiger partial charge >= 0.3 is 0 Å². The maximum atomic E-state index is 13.6. The summed E-state index contributed by atoms with van der Waals surface area (Å²) in [6.07, 6.45) is 5.64. The van der Waals surface area contributed by atoms with Gasteiger partial charge in [0.15, 0.2) is 5.43 Å². The Hall–Kier alpha value is -4.05. The Bertz CT molecular complexity index is 1510. The molecule has 0 bridgehead atoms. The Balaban J connectivity index is 1.70. The maximum absolute atomic E-state index is 13.6. The van der Waals surface area contributed by atoms with E-state index in [9.17, 15) is 4.79 Å². The van der Waals surface area contributed by atoms with Crippen LogP contribution in [-0.2, 0) is 0 Å². The van der Waals surface area contributed by atoms with E-state index >= 15 is 0 Å². The molecule has 6 aromatic rings. The van der Waals surface area contributed by atoms with Gasteiger partial charge in [0.05, 0.1) is 11.6 Å². The van der Waals surface area contributed by atoms with Crippen LogP contribution in [-0.4, -0.2) is 9.97 Å². The molecule has 2 N–H and O–H groups in total. The van der Waals surface area contributed by atoms with Crippen LogP contribution in [0.4, 0.5) is 0 Å². The van der Waals surface area contributed by atoms with E-state index in [1.807, 2.05) is 73.1 Å². The predicted molar refractivity (Wildman–Crippen MR) is 120 cm³/mol. The molecule has 0 saturated carbocycles. The number of aromatic nitrogens is 2. The topological polar surface area (TPSA) is 61.8 Å². The summed E-state index contributed by atoms with van der Waals surface area (Å²) in [7, 11) is 0. The number of H-pyrrole nitrogens is 2. The van der Waals surface area contributed by atoms with Crippen LogP contribution >= 0.6 is 0 Å². The fraction of sp³-hybridized carbons (Fsp3) is 0.0385. The van der Waals surface area contributed by atoms with Gasteiger partial charge in [0.2, 0.25) is 0 Å². The van der Waals surface area contributed by atoms with Crippen LogP contribution in [0.2, 0.25) is 0 Å². The Morgan fingerprint density at radius 1 is 0.633 bits per heavy atom. The number of fused-ring (bicyclic) bond motifs is 3. The fourth-order valence-corrected chi connectivity index (χ4v) is 4.46. The summed E-state index contributed by atoms with van der Waals surface area (Å²) in [6.45, 7) is 0. The molecule has 3 aromatic carbocycles. The summed E-state index contributed by atoms with van der Waals surface area (Å²) < 4.78 is 5.90. The smallest absolute Gasteiger partial charge is 0.196 e. The van der Waals surface area contributed by atoms with E-state index in [-0.39, 0.29) is 11.3 Å². The monoisotopic (exact) mass is 390 g/mol. The molecule has 0 aliphatic rings. The molecule has 4 heteroatoms. The van der Waals surface area contributed by atoms with Crippen LogP contribution in [0.3, 0.4) is 0 Å². The number of hydrogen-bond acceptors (Lipinski definition) is 2. The fourth-order valence-electron chi connectivity index (χ4n) is 4.46. The molecule has 0 radical (unpaired) electrons. The Morgan fingerprint density at radius 2 is 1.17 bits per heavy atom. The number of aromatic amines is 2. The maximum Gasteiger partial charge on any atom is 0.196 e. The number of benzene rings is 3. The third-order valence-electron chi connectivity index (χ3n) is 5.88. The summed E-state index contributed by atoms with van der Waals surface area (Å²) in [6, 6.07) is 23.7. The molecule has 0 spiro atoms. The minimum atomic E-state index is -0.266. The molecule has 0 unspecified atom stereocenters. The lowest BCUT2D eigenvalue weighted by Gasteiger charge is -2.16. The number of rotatable bonds is 3. The predicted octanol–water partition coefficient (Wildman–Crippen LogP) is 5.94. The van der Waals surface area contributed by atoms with Crippen molar-refractivity contribution >= 4 is 32.8 Å². The van der Waals surface area contributed by atoms with E-state index < -0.39 is 0 Å². The first-order valence-electron chi connectivity index (χ1n) is 9.94. The minimum Gasteiger partial charge on any atom is -0.464 e. The average Bonchev–Trinajstić information content (AvgIpc) is 3.41. The molecule has 0 atom stereocenters. The van der Waals surface area contributed by atoms with Gasteiger partial charge in [-0.1, -0.05) is 48.5 Å². The Kier molecular flexibility index (Phi) is 3.65. The molecule has 0 amide bonds. The molecule has 0 fully saturated rings. The molecule has 0 aliphatic heterocycles. The zero-order valence-corrected chi connectivity index (χ0v) is 16.1. The van der Waals surface area contributed by atoms with Crippen LogP contribution in [0.15, 0.2) is 101 Å². The van der Waals surface area contributed by atoms with Gasteiger partial charge in [0.1, 0.15) is 5.58 Å². The van der Waals surface area contributed by atoms with Gasteiger partial charge in [0, 0.05) is 45.7 Å². The largest absolute Gasteiger partial charge is 0.464 e. The first kappa shape index (κ1) is 16.9. The van der Waals surface area contributed by atoms with Gasteiger partial charge in [-0.3, -0.25) is 4.79 Å². The van der Waals surface area contributed by atoms with Crippen molar-refractivity contribution < 1.29 is 4.42 Å². The molecule has 30 heavy (non-hydrogen) atoms. The van der Waals surface area contributed by atoms with Gasteiger partial charge in [-0.15, -0.1) is 0 Å². The normalized spacial score (nSPS) is 11.8. The van der Waals surface area contributed by atoms with Crippen molar-refractivity contribution in [2.45, 2.75) is 5.92 Å². The SMILES string of the molecule is O=c1c(C(c2c[nH]c3ccccc23)c2c[nH]c3ccccc23)coc2ccccc12. The van der Waals surface area contributed by atoms with E-state index in [2.05, 4.69) is 22.1 Å². The van der Waals surface area contributed by atoms with Gasteiger partial charge in [-0.2, -0.15) is 0 Å². The molecule has 4 nitrogen and oxygen atoms in total. The third-order valence-corrected chi connectivity index (χ3v) is 5.88. The average molecular weight is 390 g/mol. The summed E-state index contributed by atoms with van der Waals surface area (Å²) in [5, 5.41) is 2.79. The highest BCUT2D eigenvalue weighted by molar-refractivity contribution is 5.89. The van der Waals surface area contributed by atoms with Crippen LogP contribution in [0, 0.1) is 0 Å². The zero-order chi connectivity index (χ0) is 20.1.